The molecule has 1 amide bonds. The lowest BCUT2D eigenvalue weighted by Crippen LogP contribution is -2.53. The van der Waals surface area contributed by atoms with Crippen molar-refractivity contribution in [2.45, 2.75) is 63.1 Å². The van der Waals surface area contributed by atoms with Crippen LogP contribution in [0.4, 0.5) is 26.3 Å². The van der Waals surface area contributed by atoms with Gasteiger partial charge in [0, 0.05) is 44.7 Å². The quantitative estimate of drug-likeness (QED) is 0.358. The molecule has 0 spiro atoms. The van der Waals surface area contributed by atoms with Crippen LogP contribution in [0.1, 0.15) is 61.8 Å². The van der Waals surface area contributed by atoms with Crippen molar-refractivity contribution in [2.75, 3.05) is 26.2 Å². The van der Waals surface area contributed by atoms with Gasteiger partial charge < -0.3 is 5.32 Å². The molecule has 1 saturated carbocycles. The van der Waals surface area contributed by atoms with Crippen molar-refractivity contribution in [1.29, 1.82) is 0 Å². The van der Waals surface area contributed by atoms with E-state index in [4.69, 9.17) is 0 Å². The number of amides is 1. The maximum absolute atomic E-state index is 13.4. The van der Waals surface area contributed by atoms with Crippen molar-refractivity contribution in [1.82, 2.24) is 15.1 Å². The van der Waals surface area contributed by atoms with Crippen LogP contribution >= 0.6 is 15.9 Å². The number of alkyl halides is 6. The van der Waals surface area contributed by atoms with E-state index in [2.05, 4.69) is 26.1 Å². The van der Waals surface area contributed by atoms with Crippen molar-refractivity contribution >= 4 is 21.8 Å². The molecule has 1 heterocycles. The molecule has 4 rings (SSSR count). The van der Waals surface area contributed by atoms with E-state index in [1.807, 2.05) is 4.90 Å². The Morgan fingerprint density at radius 1 is 0.895 bits per heavy atom. The van der Waals surface area contributed by atoms with Crippen molar-refractivity contribution < 1.29 is 32.6 Å². The fourth-order valence-electron chi connectivity index (χ4n) is 5.39. The molecule has 0 bridgehead atoms. The minimum atomic E-state index is -4.95. The largest absolute Gasteiger partial charge is 0.416 e. The highest BCUT2D eigenvalue weighted by molar-refractivity contribution is 9.10. The second-order valence-electron chi connectivity index (χ2n) is 9.95. The van der Waals surface area contributed by atoms with Gasteiger partial charge in [0.15, 0.2) is 0 Å². The molecule has 2 fully saturated rings. The molecule has 11 heteroatoms. The van der Waals surface area contributed by atoms with E-state index in [9.17, 15) is 31.1 Å². The van der Waals surface area contributed by atoms with Gasteiger partial charge in [-0.05, 0) is 54.3 Å². The van der Waals surface area contributed by atoms with Gasteiger partial charge in [0.05, 0.1) is 11.1 Å². The minimum absolute atomic E-state index is 0. The van der Waals surface area contributed by atoms with E-state index >= 15 is 0 Å². The zero-order valence-corrected chi connectivity index (χ0v) is 22.3. The Labute approximate surface area is 228 Å². The molecule has 210 valence electrons. The Kier molecular flexibility index (Phi) is 9.09. The number of carbonyl (C=O) groups is 1. The molecule has 1 aliphatic carbocycles. The Hall–Kier alpha value is -2.11. The lowest BCUT2D eigenvalue weighted by Gasteiger charge is -2.43. The van der Waals surface area contributed by atoms with Gasteiger partial charge in [0.25, 0.3) is 0 Å². The molecule has 0 aromatic heterocycles. The van der Waals surface area contributed by atoms with Crippen LogP contribution < -0.4 is 5.32 Å². The van der Waals surface area contributed by atoms with Crippen LogP contribution in [0.5, 0.6) is 0 Å². The molecule has 1 unspecified atom stereocenters. The summed E-state index contributed by atoms with van der Waals surface area (Å²) in [6, 6.07) is 8.41. The van der Waals surface area contributed by atoms with Crippen LogP contribution in [0, 0.1) is 0 Å². The number of rotatable bonds is 6. The third-order valence-corrected chi connectivity index (χ3v) is 7.88. The first-order chi connectivity index (χ1) is 17.9. The average molecular weight is 608 g/mol. The number of benzene rings is 2. The average Bonchev–Trinajstić information content (AvgIpc) is 2.88. The monoisotopic (exact) mass is 607 g/mol. The number of halogens is 7. The highest BCUT2D eigenvalue weighted by atomic mass is 79.9. The molecular weight excluding hydrogens is 576 g/mol. The summed E-state index contributed by atoms with van der Waals surface area (Å²) in [6.45, 7) is 2.40. The van der Waals surface area contributed by atoms with Crippen LogP contribution in [0.25, 0.3) is 0 Å². The number of carbonyl (C=O) groups excluding carboxylic acids is 1. The van der Waals surface area contributed by atoms with Crippen LogP contribution in [0.3, 0.4) is 0 Å². The lowest BCUT2D eigenvalue weighted by molar-refractivity contribution is -0.143. The summed E-state index contributed by atoms with van der Waals surface area (Å²) in [5, 5.41) is 2.60. The number of nitrogens with one attached hydrogen (secondary N) is 1. The van der Waals surface area contributed by atoms with E-state index in [-0.39, 0.29) is 13.1 Å². The molecule has 1 aliphatic heterocycles. The summed E-state index contributed by atoms with van der Waals surface area (Å²) in [4.78, 5) is 17.9. The summed E-state index contributed by atoms with van der Waals surface area (Å²) in [5.41, 5.74) is -2.37. The van der Waals surface area contributed by atoms with Gasteiger partial charge in [0.2, 0.25) is 5.91 Å². The molecule has 4 nitrogen and oxygen atoms in total. The molecule has 38 heavy (non-hydrogen) atoms. The highest BCUT2D eigenvalue weighted by Gasteiger charge is 2.37. The number of nitrogens with zero attached hydrogens (tertiary/aromatic N) is 2. The predicted octanol–water partition coefficient (Wildman–Crippen LogP) is 7.04. The van der Waals surface area contributed by atoms with Crippen LogP contribution in [-0.4, -0.2) is 47.9 Å². The van der Waals surface area contributed by atoms with Crippen LogP contribution in [0.2, 0.25) is 0 Å². The number of hydrogen-bond acceptors (Lipinski definition) is 3. The molecule has 1 saturated heterocycles. The normalized spacial score (nSPS) is 19.3. The van der Waals surface area contributed by atoms with Crippen molar-refractivity contribution in [3.63, 3.8) is 0 Å². The fourth-order valence-corrected chi connectivity index (χ4v) is 5.65. The van der Waals surface area contributed by atoms with Crippen molar-refractivity contribution in [3.05, 3.63) is 69.2 Å². The van der Waals surface area contributed by atoms with E-state index in [1.165, 1.54) is 32.1 Å². The first kappa shape index (κ1) is 28.9. The summed E-state index contributed by atoms with van der Waals surface area (Å²) in [7, 11) is 0. The Morgan fingerprint density at radius 3 is 1.97 bits per heavy atom. The minimum Gasteiger partial charge on any atom is -0.350 e. The van der Waals surface area contributed by atoms with E-state index < -0.39 is 42.0 Å². The third-order valence-electron chi connectivity index (χ3n) is 7.35. The predicted molar refractivity (Wildman–Crippen MR) is 137 cm³/mol. The Bertz CT molecular complexity index is 1070. The lowest BCUT2D eigenvalue weighted by atomic mass is 9.93. The number of hydrogen-bond donors (Lipinski definition) is 1. The second-order valence-corrected chi connectivity index (χ2v) is 10.9. The van der Waals surface area contributed by atoms with E-state index in [0.717, 1.165) is 17.6 Å². The second kappa shape index (κ2) is 12.0. The molecule has 1 N–H and O–H groups in total. The van der Waals surface area contributed by atoms with Gasteiger partial charge in [-0.3, -0.25) is 14.6 Å². The van der Waals surface area contributed by atoms with Gasteiger partial charge in [-0.15, -0.1) is 0 Å². The summed E-state index contributed by atoms with van der Waals surface area (Å²) in [6.07, 6.45) is -3.84. The highest BCUT2D eigenvalue weighted by Crippen LogP contribution is 2.36. The van der Waals surface area contributed by atoms with Crippen LogP contribution in [0.15, 0.2) is 46.9 Å². The maximum atomic E-state index is 13.4. The summed E-state index contributed by atoms with van der Waals surface area (Å²) < 4.78 is 80.4. The Balaban J connectivity index is 0.00000420. The third kappa shape index (κ3) is 7.30. The van der Waals surface area contributed by atoms with Crippen LogP contribution in [-0.2, 0) is 23.7 Å². The smallest absolute Gasteiger partial charge is 0.350 e. The van der Waals surface area contributed by atoms with Gasteiger partial charge in [-0.25, -0.2) is 0 Å². The van der Waals surface area contributed by atoms with Crippen molar-refractivity contribution in [2.24, 2.45) is 0 Å². The van der Waals surface area contributed by atoms with Gasteiger partial charge >= 0.3 is 12.4 Å². The summed E-state index contributed by atoms with van der Waals surface area (Å²) in [5.74, 6) is -0.468. The van der Waals surface area contributed by atoms with Gasteiger partial charge in [-0.1, -0.05) is 47.3 Å². The zero-order chi connectivity index (χ0) is 27.5. The Morgan fingerprint density at radius 2 is 1.45 bits per heavy atom. The molecule has 1 atom stereocenters. The SMILES string of the molecule is O=C(NCc1cc(C(F)(F)F)cc(C(F)(F)F)c1)C(c1ccc(Br)cc1)N1CCN(C2CCCCC2)CC1.[HH]. The first-order valence-electron chi connectivity index (χ1n) is 12.7. The maximum Gasteiger partial charge on any atom is 0.416 e. The van der Waals surface area contributed by atoms with E-state index in [1.54, 1.807) is 24.3 Å². The molecule has 2 aromatic rings. The topological polar surface area (TPSA) is 35.6 Å². The summed E-state index contributed by atoms with van der Waals surface area (Å²) >= 11 is 3.38. The standard InChI is InChI=1S/C27H30BrF6N3O.H2/c28-22-8-6-19(7-9-22)24(37-12-10-36(11-13-37)23-4-2-1-3-5-23)25(38)35-17-18-14-20(26(29,30)31)16-21(15-18)27(32,33)34;/h6-9,14-16,23-24H,1-5,10-13,17H2,(H,35,38);1H. The first-order valence-corrected chi connectivity index (χ1v) is 13.5. The van der Waals surface area contributed by atoms with E-state index in [0.29, 0.717) is 36.8 Å². The van der Waals surface area contributed by atoms with Gasteiger partial charge in [0.1, 0.15) is 6.04 Å². The molecule has 2 aliphatic rings. The molecular formula is C27H32BrF6N3O. The van der Waals surface area contributed by atoms with Gasteiger partial charge in [-0.2, -0.15) is 26.3 Å². The van der Waals surface area contributed by atoms with Crippen molar-refractivity contribution in [3.8, 4) is 0 Å². The number of piperazine rings is 1. The zero-order valence-electron chi connectivity index (χ0n) is 20.7. The molecule has 0 radical (unpaired) electrons. The fraction of sp³-hybridized carbons (Fsp3) is 0.519. The molecule has 2 aromatic carbocycles.